The van der Waals surface area contributed by atoms with Crippen LogP contribution in [0.2, 0.25) is 0 Å². The zero-order chi connectivity index (χ0) is 13.0. The van der Waals surface area contributed by atoms with Gasteiger partial charge in [0.2, 0.25) is 0 Å². The highest BCUT2D eigenvalue weighted by atomic mass is 15.3. The highest BCUT2D eigenvalue weighted by Crippen LogP contribution is 2.27. The number of aromatic nitrogens is 2. The summed E-state index contributed by atoms with van der Waals surface area (Å²) in [7, 11) is 0. The molecule has 2 rings (SSSR count). The van der Waals surface area contributed by atoms with Crippen LogP contribution < -0.4 is 5.32 Å². The van der Waals surface area contributed by atoms with Gasteiger partial charge in [0.1, 0.15) is 0 Å². The van der Waals surface area contributed by atoms with E-state index in [2.05, 4.69) is 41.9 Å². The van der Waals surface area contributed by atoms with Crippen LogP contribution in [-0.4, -0.2) is 22.4 Å². The Morgan fingerprint density at radius 1 is 1.39 bits per heavy atom. The van der Waals surface area contributed by atoms with E-state index in [-0.39, 0.29) is 0 Å². The lowest BCUT2D eigenvalue weighted by Crippen LogP contribution is -2.34. The van der Waals surface area contributed by atoms with Crippen LogP contribution >= 0.6 is 0 Å². The molecule has 0 spiro atoms. The largest absolute Gasteiger partial charge is 0.314 e. The fraction of sp³-hybridized carbons (Fsp3) is 0.800. The minimum atomic E-state index is 0.743. The van der Waals surface area contributed by atoms with Crippen LogP contribution in [0.3, 0.4) is 0 Å². The van der Waals surface area contributed by atoms with Crippen LogP contribution in [0.25, 0.3) is 0 Å². The van der Waals surface area contributed by atoms with Gasteiger partial charge in [0, 0.05) is 18.3 Å². The minimum Gasteiger partial charge on any atom is -0.314 e. The van der Waals surface area contributed by atoms with E-state index in [0.717, 1.165) is 30.7 Å². The Labute approximate surface area is 111 Å². The summed E-state index contributed by atoms with van der Waals surface area (Å²) in [6.07, 6.45) is 6.66. The third kappa shape index (κ3) is 3.35. The molecule has 1 aliphatic carbocycles. The molecule has 0 radical (unpaired) electrons. The Hall–Kier alpha value is -0.830. The van der Waals surface area contributed by atoms with Crippen molar-refractivity contribution in [3.63, 3.8) is 0 Å². The summed E-state index contributed by atoms with van der Waals surface area (Å²) in [5, 5.41) is 8.16. The standard InChI is InChI=1S/C15H27N3/c1-4-16-14-8-6-7-13(10-14)11-15-9-12(3)17-18(15)5-2/h9,13-14,16H,4-8,10-11H2,1-3H3. The molecule has 1 aliphatic rings. The zero-order valence-corrected chi connectivity index (χ0v) is 12.1. The van der Waals surface area contributed by atoms with Gasteiger partial charge < -0.3 is 5.32 Å². The summed E-state index contributed by atoms with van der Waals surface area (Å²) < 4.78 is 2.17. The molecule has 3 heteroatoms. The first-order valence-corrected chi connectivity index (χ1v) is 7.49. The Kier molecular flexibility index (Phi) is 4.81. The average Bonchev–Trinajstić information content (AvgIpc) is 2.70. The number of hydrogen-bond donors (Lipinski definition) is 1. The van der Waals surface area contributed by atoms with Crippen molar-refractivity contribution in [2.24, 2.45) is 5.92 Å². The predicted octanol–water partition coefficient (Wildman–Crippen LogP) is 2.92. The maximum Gasteiger partial charge on any atom is 0.0596 e. The molecular weight excluding hydrogens is 222 g/mol. The van der Waals surface area contributed by atoms with E-state index in [1.165, 1.54) is 37.8 Å². The van der Waals surface area contributed by atoms with Crippen molar-refractivity contribution in [3.8, 4) is 0 Å². The number of nitrogens with zero attached hydrogens (tertiary/aromatic N) is 2. The molecule has 102 valence electrons. The van der Waals surface area contributed by atoms with Gasteiger partial charge in [-0.15, -0.1) is 0 Å². The van der Waals surface area contributed by atoms with Gasteiger partial charge in [-0.25, -0.2) is 0 Å². The van der Waals surface area contributed by atoms with E-state index in [9.17, 15) is 0 Å². The van der Waals surface area contributed by atoms with Crippen LogP contribution in [0.15, 0.2) is 6.07 Å². The molecule has 2 atom stereocenters. The molecule has 0 aliphatic heterocycles. The topological polar surface area (TPSA) is 29.9 Å². The van der Waals surface area contributed by atoms with Crippen molar-refractivity contribution in [3.05, 3.63) is 17.5 Å². The lowest BCUT2D eigenvalue weighted by molar-refractivity contribution is 0.283. The van der Waals surface area contributed by atoms with Gasteiger partial charge in [-0.3, -0.25) is 4.68 Å². The number of aryl methyl sites for hydroxylation is 2. The maximum atomic E-state index is 4.55. The molecule has 0 amide bonds. The van der Waals surface area contributed by atoms with E-state index in [4.69, 9.17) is 0 Å². The third-order valence-corrected chi connectivity index (χ3v) is 4.06. The first-order valence-electron chi connectivity index (χ1n) is 7.49. The van der Waals surface area contributed by atoms with E-state index >= 15 is 0 Å². The Balaban J connectivity index is 1.95. The van der Waals surface area contributed by atoms with Gasteiger partial charge in [0.05, 0.1) is 5.69 Å². The fourth-order valence-corrected chi connectivity index (χ4v) is 3.28. The molecule has 1 N–H and O–H groups in total. The van der Waals surface area contributed by atoms with Gasteiger partial charge in [0.15, 0.2) is 0 Å². The molecule has 1 aromatic rings. The Morgan fingerprint density at radius 3 is 2.94 bits per heavy atom. The van der Waals surface area contributed by atoms with Gasteiger partial charge in [-0.05, 0) is 58.1 Å². The Morgan fingerprint density at radius 2 is 2.22 bits per heavy atom. The second-order valence-corrected chi connectivity index (χ2v) is 5.58. The molecule has 1 aromatic heterocycles. The van der Waals surface area contributed by atoms with Crippen LogP contribution in [0.1, 0.15) is 50.9 Å². The minimum absolute atomic E-state index is 0.743. The molecular formula is C15H27N3. The predicted molar refractivity (Wildman–Crippen MR) is 75.8 cm³/mol. The molecule has 0 aromatic carbocycles. The zero-order valence-electron chi connectivity index (χ0n) is 12.1. The molecule has 0 bridgehead atoms. The van der Waals surface area contributed by atoms with Gasteiger partial charge in [-0.1, -0.05) is 13.3 Å². The number of nitrogens with one attached hydrogen (secondary N) is 1. The molecule has 1 fully saturated rings. The van der Waals surface area contributed by atoms with E-state index in [1.54, 1.807) is 0 Å². The van der Waals surface area contributed by atoms with Crippen LogP contribution in [-0.2, 0) is 13.0 Å². The van der Waals surface area contributed by atoms with Crippen molar-refractivity contribution in [1.29, 1.82) is 0 Å². The highest BCUT2D eigenvalue weighted by Gasteiger charge is 2.22. The van der Waals surface area contributed by atoms with Crippen LogP contribution in [0.4, 0.5) is 0 Å². The van der Waals surface area contributed by atoms with Gasteiger partial charge >= 0.3 is 0 Å². The average molecular weight is 249 g/mol. The molecule has 0 saturated heterocycles. The van der Waals surface area contributed by atoms with Crippen LogP contribution in [0, 0.1) is 12.8 Å². The highest BCUT2D eigenvalue weighted by molar-refractivity contribution is 5.10. The normalized spacial score (nSPS) is 24.4. The summed E-state index contributed by atoms with van der Waals surface area (Å²) in [5.41, 5.74) is 2.59. The maximum absolute atomic E-state index is 4.55. The summed E-state index contributed by atoms with van der Waals surface area (Å²) in [6, 6.07) is 3.01. The monoisotopic (exact) mass is 249 g/mol. The third-order valence-electron chi connectivity index (χ3n) is 4.06. The molecule has 1 saturated carbocycles. The lowest BCUT2D eigenvalue weighted by atomic mass is 9.83. The molecule has 2 unspecified atom stereocenters. The quantitative estimate of drug-likeness (QED) is 0.869. The molecule has 3 nitrogen and oxygen atoms in total. The van der Waals surface area contributed by atoms with Crippen LogP contribution in [0.5, 0.6) is 0 Å². The Bertz CT molecular complexity index is 368. The summed E-state index contributed by atoms with van der Waals surface area (Å²) >= 11 is 0. The van der Waals surface area contributed by atoms with Crippen molar-refractivity contribution >= 4 is 0 Å². The first kappa shape index (κ1) is 13.6. The van der Waals surface area contributed by atoms with Crippen molar-refractivity contribution in [2.45, 2.75) is 65.5 Å². The summed E-state index contributed by atoms with van der Waals surface area (Å²) in [6.45, 7) is 8.57. The van der Waals surface area contributed by atoms with Crippen molar-refractivity contribution < 1.29 is 0 Å². The molecule has 18 heavy (non-hydrogen) atoms. The van der Waals surface area contributed by atoms with Crippen molar-refractivity contribution in [2.75, 3.05) is 6.54 Å². The smallest absolute Gasteiger partial charge is 0.0596 e. The van der Waals surface area contributed by atoms with E-state index < -0.39 is 0 Å². The van der Waals surface area contributed by atoms with E-state index in [1.807, 2.05) is 0 Å². The lowest BCUT2D eigenvalue weighted by Gasteiger charge is -2.29. The fourth-order valence-electron chi connectivity index (χ4n) is 3.28. The van der Waals surface area contributed by atoms with Gasteiger partial charge in [0.25, 0.3) is 0 Å². The number of hydrogen-bond acceptors (Lipinski definition) is 2. The number of rotatable bonds is 5. The summed E-state index contributed by atoms with van der Waals surface area (Å²) in [5.74, 6) is 0.837. The summed E-state index contributed by atoms with van der Waals surface area (Å²) in [4.78, 5) is 0. The molecule has 1 heterocycles. The SMILES string of the molecule is CCNC1CCCC(Cc2cc(C)nn2CC)C1. The second-order valence-electron chi connectivity index (χ2n) is 5.58. The van der Waals surface area contributed by atoms with E-state index in [0.29, 0.717) is 0 Å². The second kappa shape index (κ2) is 6.37. The van der Waals surface area contributed by atoms with Crippen molar-refractivity contribution in [1.82, 2.24) is 15.1 Å². The first-order chi connectivity index (χ1) is 8.72. The van der Waals surface area contributed by atoms with Gasteiger partial charge in [-0.2, -0.15) is 5.10 Å².